The molecule has 0 spiro atoms. The minimum atomic E-state index is -0.0694. The van der Waals surface area contributed by atoms with Crippen molar-refractivity contribution in [2.45, 2.75) is 13.1 Å². The largest absolute Gasteiger partial charge is 0.784 e. The fraction of sp³-hybridized carbons (Fsp3) is 1.00. The van der Waals surface area contributed by atoms with E-state index in [1.807, 2.05) is 0 Å². The number of hydroxylamine groups is 2. The van der Waals surface area contributed by atoms with Crippen LogP contribution in [0.2, 0.25) is 0 Å². The molecular weight excluding hydrogens is 92.1 g/mol. The van der Waals surface area contributed by atoms with E-state index in [4.69, 9.17) is 0 Å². The Balaban J connectivity index is 3.14. The summed E-state index contributed by atoms with van der Waals surface area (Å²) in [4.78, 5) is 0. The molecule has 1 N–H and O–H groups in total. The molecule has 0 aromatic heterocycles. The zero-order valence-electron chi connectivity index (χ0n) is 4.93. The van der Waals surface area contributed by atoms with E-state index in [9.17, 15) is 5.21 Å². The first kappa shape index (κ1) is 6.88. The molecule has 0 rings (SSSR count). The summed E-state index contributed by atoms with van der Waals surface area (Å²) in [6.45, 7) is 1.80. The van der Waals surface area contributed by atoms with Crippen molar-refractivity contribution in [3.8, 4) is 0 Å². The van der Waals surface area contributed by atoms with E-state index in [1.54, 1.807) is 14.0 Å². The van der Waals surface area contributed by atoms with Gasteiger partial charge in [-0.2, -0.15) is 0 Å². The van der Waals surface area contributed by atoms with Crippen molar-refractivity contribution in [3.05, 3.63) is 5.21 Å². The van der Waals surface area contributed by atoms with Gasteiger partial charge in [0.05, 0.1) is 0 Å². The zero-order chi connectivity index (χ0) is 5.86. The summed E-state index contributed by atoms with van der Waals surface area (Å²) in [6.07, 6.45) is -0.0694. The summed E-state index contributed by atoms with van der Waals surface area (Å²) in [5.41, 5.74) is 0. The molecule has 7 heavy (non-hydrogen) atoms. The highest BCUT2D eigenvalue weighted by atomic mass is 16.5. The normalized spacial score (nSPS) is 15.0. The molecule has 0 aliphatic rings. The lowest BCUT2D eigenvalue weighted by atomic mass is 10.6. The van der Waals surface area contributed by atoms with Crippen molar-refractivity contribution in [1.29, 1.82) is 0 Å². The third kappa shape index (κ3) is 2.56. The summed E-state index contributed by atoms with van der Waals surface area (Å²) in [5, 5.41) is 13.9. The number of rotatable bonds is 2. The summed E-state index contributed by atoms with van der Waals surface area (Å²) < 4.78 is 0. The number of nitrogens with one attached hydrogen (secondary N) is 1. The van der Waals surface area contributed by atoms with Gasteiger partial charge in [-0.15, -0.1) is 0 Å². The van der Waals surface area contributed by atoms with Crippen LogP contribution in [0.25, 0.3) is 0 Å². The molecule has 44 valence electrons. The Morgan fingerprint density at radius 1 is 1.71 bits per heavy atom. The maximum Gasteiger partial charge on any atom is 0.0448 e. The van der Waals surface area contributed by atoms with Gasteiger partial charge in [0.2, 0.25) is 0 Å². The predicted molar refractivity (Wildman–Crippen MR) is 29.7 cm³/mol. The highest BCUT2D eigenvalue weighted by Gasteiger charge is 1.89. The molecule has 0 bridgehead atoms. The van der Waals surface area contributed by atoms with E-state index in [-0.39, 0.29) is 6.17 Å². The molecule has 0 aromatic rings. The molecule has 3 nitrogen and oxygen atoms in total. The maximum atomic E-state index is 10.2. The molecule has 1 unspecified atom stereocenters. The lowest BCUT2D eigenvalue weighted by molar-refractivity contribution is 0.315. The van der Waals surface area contributed by atoms with Crippen molar-refractivity contribution >= 4 is 0 Å². The van der Waals surface area contributed by atoms with Gasteiger partial charge >= 0.3 is 0 Å². The topological polar surface area (TPSA) is 38.3 Å². The summed E-state index contributed by atoms with van der Waals surface area (Å²) in [6, 6.07) is 0. The van der Waals surface area contributed by atoms with Crippen LogP contribution in [0.4, 0.5) is 0 Å². The Hall–Kier alpha value is -0.120. The number of nitrogens with zero attached hydrogens (tertiary/aromatic N) is 1. The van der Waals surface area contributed by atoms with E-state index in [2.05, 4.69) is 5.32 Å². The molecule has 0 saturated carbocycles. The maximum absolute atomic E-state index is 10.2. The molecule has 1 atom stereocenters. The third-order valence-corrected chi connectivity index (χ3v) is 0.963. The predicted octanol–water partition coefficient (Wildman–Crippen LogP) is -0.0186. The van der Waals surface area contributed by atoms with Gasteiger partial charge in [-0.25, -0.2) is 0 Å². The van der Waals surface area contributed by atoms with E-state index < -0.39 is 0 Å². The smallest absolute Gasteiger partial charge is 0.0448 e. The highest BCUT2D eigenvalue weighted by Crippen LogP contribution is 1.82. The average Bonchev–Trinajstić information content (AvgIpc) is 1.65. The van der Waals surface area contributed by atoms with Crippen LogP contribution in [-0.4, -0.2) is 25.3 Å². The van der Waals surface area contributed by atoms with Gasteiger partial charge in [-0.3, -0.25) is 0 Å². The van der Waals surface area contributed by atoms with Crippen LogP contribution in [0.15, 0.2) is 0 Å². The second kappa shape index (κ2) is 2.96. The van der Waals surface area contributed by atoms with Gasteiger partial charge in [0, 0.05) is 6.17 Å². The second-order valence-corrected chi connectivity index (χ2v) is 1.51. The van der Waals surface area contributed by atoms with Crippen LogP contribution in [0.5, 0.6) is 0 Å². The molecule has 0 radical (unpaired) electrons. The van der Waals surface area contributed by atoms with Gasteiger partial charge in [-0.05, 0) is 21.0 Å². The van der Waals surface area contributed by atoms with Gasteiger partial charge in [-0.1, -0.05) is 0 Å². The Labute approximate surface area is 43.9 Å². The van der Waals surface area contributed by atoms with Gasteiger partial charge in [0.1, 0.15) is 0 Å². The minimum Gasteiger partial charge on any atom is -0.784 e. The van der Waals surface area contributed by atoms with E-state index >= 15 is 0 Å². The fourth-order valence-electron chi connectivity index (χ4n) is 0.182. The standard InChI is InChI=1S/C4H11N2O/c1-4(5-2)6(3)7/h4-5H,1-3H3/q-1. The van der Waals surface area contributed by atoms with Gasteiger partial charge in [0.25, 0.3) is 0 Å². The zero-order valence-corrected chi connectivity index (χ0v) is 4.93. The van der Waals surface area contributed by atoms with E-state index in [1.165, 1.54) is 7.05 Å². The molecule has 0 saturated heterocycles. The van der Waals surface area contributed by atoms with E-state index in [0.717, 1.165) is 5.06 Å². The molecule has 0 aliphatic carbocycles. The van der Waals surface area contributed by atoms with Crippen molar-refractivity contribution in [2.75, 3.05) is 14.1 Å². The molecule has 3 heteroatoms. The van der Waals surface area contributed by atoms with E-state index in [0.29, 0.717) is 0 Å². The number of hydrogen-bond acceptors (Lipinski definition) is 3. The Morgan fingerprint density at radius 2 is 2.14 bits per heavy atom. The average molecular weight is 103 g/mol. The van der Waals surface area contributed by atoms with Crippen LogP contribution in [0.1, 0.15) is 6.92 Å². The van der Waals surface area contributed by atoms with Crippen molar-refractivity contribution in [3.63, 3.8) is 0 Å². The van der Waals surface area contributed by atoms with Crippen LogP contribution >= 0.6 is 0 Å². The highest BCUT2D eigenvalue weighted by molar-refractivity contribution is 4.55. The summed E-state index contributed by atoms with van der Waals surface area (Å²) in [5.74, 6) is 0. The fourth-order valence-corrected chi connectivity index (χ4v) is 0.182. The molecule has 0 aromatic carbocycles. The SMILES string of the molecule is CNC(C)N(C)[O-]. The van der Waals surface area contributed by atoms with Crippen molar-refractivity contribution in [1.82, 2.24) is 10.4 Å². The molecular formula is C4H11N2O-. The Bertz CT molecular complexity index is 47.0. The quantitative estimate of drug-likeness (QED) is 0.394. The first-order chi connectivity index (χ1) is 3.18. The van der Waals surface area contributed by atoms with Crippen LogP contribution in [0.3, 0.4) is 0 Å². The molecule has 0 heterocycles. The summed E-state index contributed by atoms with van der Waals surface area (Å²) >= 11 is 0. The third-order valence-electron chi connectivity index (χ3n) is 0.963. The molecule has 0 fully saturated rings. The van der Waals surface area contributed by atoms with Gasteiger partial charge in [0.15, 0.2) is 0 Å². The lowest BCUT2D eigenvalue weighted by Crippen LogP contribution is -2.34. The summed E-state index contributed by atoms with van der Waals surface area (Å²) in [7, 11) is 3.24. The molecule has 0 amide bonds. The molecule has 0 aliphatic heterocycles. The van der Waals surface area contributed by atoms with Crippen LogP contribution in [-0.2, 0) is 0 Å². The first-order valence-electron chi connectivity index (χ1n) is 2.25. The number of hydrogen-bond donors (Lipinski definition) is 1. The Kier molecular flexibility index (Phi) is 2.91. The minimum absolute atomic E-state index is 0.0694. The first-order valence-corrected chi connectivity index (χ1v) is 2.25. The second-order valence-electron chi connectivity index (χ2n) is 1.51. The van der Waals surface area contributed by atoms with Crippen molar-refractivity contribution in [2.24, 2.45) is 0 Å². The van der Waals surface area contributed by atoms with Crippen LogP contribution in [0, 0.1) is 5.21 Å². The Morgan fingerprint density at radius 3 is 2.14 bits per heavy atom. The lowest BCUT2D eigenvalue weighted by Gasteiger charge is -2.29. The van der Waals surface area contributed by atoms with Crippen molar-refractivity contribution < 1.29 is 0 Å². The van der Waals surface area contributed by atoms with Gasteiger partial charge < -0.3 is 15.6 Å². The van der Waals surface area contributed by atoms with Crippen LogP contribution < -0.4 is 5.32 Å². The monoisotopic (exact) mass is 103 g/mol.